The number of anilines is 1. The molecule has 170 valence electrons. The van der Waals surface area contributed by atoms with Gasteiger partial charge in [-0.1, -0.05) is 18.2 Å². The summed E-state index contributed by atoms with van der Waals surface area (Å²) in [5, 5.41) is 0. The highest BCUT2D eigenvalue weighted by Gasteiger charge is 2.63. The van der Waals surface area contributed by atoms with E-state index in [0.717, 1.165) is 7.11 Å². The molecule has 0 saturated heterocycles. The molecule has 0 aliphatic carbocycles. The van der Waals surface area contributed by atoms with Crippen molar-refractivity contribution in [3.8, 4) is 0 Å². The van der Waals surface area contributed by atoms with Crippen LogP contribution in [0, 0.1) is 0 Å². The number of allylic oxidation sites excluding steroid dienone is 1. The number of nitrogens with zero attached hydrogens (tertiary/aromatic N) is 1. The van der Waals surface area contributed by atoms with Crippen LogP contribution in [0.1, 0.15) is 26.3 Å². The molecule has 0 aromatic heterocycles. The number of hydrogen-bond donors (Lipinski definition) is 1. The molecule has 3 rings (SSSR count). The maximum absolute atomic E-state index is 13.4. The molecule has 0 unspecified atom stereocenters. The minimum atomic E-state index is -2.03. The Hall–Kier alpha value is -3.82. The molecule has 10 nitrogen and oxygen atoms in total. The van der Waals surface area contributed by atoms with Crippen LogP contribution < -0.4 is 10.6 Å². The maximum atomic E-state index is 13.4. The summed E-state index contributed by atoms with van der Waals surface area (Å²) in [6.45, 7) is 4.38. The Balaban J connectivity index is 2.41. The number of benzene rings is 1. The van der Waals surface area contributed by atoms with Crippen molar-refractivity contribution in [2.45, 2.75) is 32.3 Å². The summed E-state index contributed by atoms with van der Waals surface area (Å²) in [6, 6.07) is 6.45. The van der Waals surface area contributed by atoms with Gasteiger partial charge in [-0.3, -0.25) is 4.79 Å². The molecule has 2 heterocycles. The van der Waals surface area contributed by atoms with Crippen LogP contribution in [-0.4, -0.2) is 50.7 Å². The van der Waals surface area contributed by atoms with Crippen molar-refractivity contribution < 1.29 is 38.1 Å². The number of nitrogens with two attached hydrogens (primary N) is 1. The SMILES string of the molecule is COC(=O)CN1C(N)=C(C(=O)OC)[C@@]2(C(=O)OC(C)=C2C(=O)OC(C)C)c2ccccc21. The molecule has 1 aromatic rings. The number of para-hydroxylation sites is 1. The van der Waals surface area contributed by atoms with E-state index in [9.17, 15) is 19.2 Å². The number of cyclic esters (lactones) is 1. The second kappa shape index (κ2) is 8.37. The first-order valence-corrected chi connectivity index (χ1v) is 9.78. The maximum Gasteiger partial charge on any atom is 0.339 e. The summed E-state index contributed by atoms with van der Waals surface area (Å²) < 4.78 is 20.4. The molecular formula is C22H24N2O8. The summed E-state index contributed by atoms with van der Waals surface area (Å²) in [5.41, 5.74) is 4.35. The van der Waals surface area contributed by atoms with Gasteiger partial charge in [-0.25, -0.2) is 14.4 Å². The molecular weight excluding hydrogens is 420 g/mol. The van der Waals surface area contributed by atoms with E-state index in [4.69, 9.17) is 24.7 Å². The molecule has 0 saturated carbocycles. The van der Waals surface area contributed by atoms with Crippen LogP contribution in [0.25, 0.3) is 0 Å². The molecule has 1 atom stereocenters. The molecule has 1 aromatic carbocycles. The number of carbonyl (C=O) groups excluding carboxylic acids is 4. The highest BCUT2D eigenvalue weighted by molar-refractivity contribution is 6.16. The molecule has 0 bridgehead atoms. The van der Waals surface area contributed by atoms with E-state index >= 15 is 0 Å². The Bertz CT molecular complexity index is 1070. The van der Waals surface area contributed by atoms with E-state index in [1.54, 1.807) is 38.1 Å². The number of rotatable bonds is 5. The van der Waals surface area contributed by atoms with Gasteiger partial charge in [-0.05, 0) is 26.8 Å². The Morgan fingerprint density at radius 3 is 2.34 bits per heavy atom. The first-order valence-electron chi connectivity index (χ1n) is 9.78. The first kappa shape index (κ1) is 22.9. The number of methoxy groups -OCH3 is 2. The fraction of sp³-hybridized carbons (Fsp3) is 0.364. The van der Waals surface area contributed by atoms with Crippen LogP contribution in [-0.2, 0) is 43.5 Å². The third-order valence-electron chi connectivity index (χ3n) is 5.25. The predicted molar refractivity (Wildman–Crippen MR) is 111 cm³/mol. The number of ether oxygens (including phenoxy) is 4. The van der Waals surface area contributed by atoms with Crippen LogP contribution in [0.5, 0.6) is 0 Å². The summed E-state index contributed by atoms with van der Waals surface area (Å²) in [4.78, 5) is 53.0. The van der Waals surface area contributed by atoms with Gasteiger partial charge < -0.3 is 29.6 Å². The average Bonchev–Trinajstić information content (AvgIpc) is 3.00. The molecule has 10 heteroatoms. The first-order chi connectivity index (χ1) is 15.1. The van der Waals surface area contributed by atoms with Crippen LogP contribution in [0.4, 0.5) is 5.69 Å². The monoisotopic (exact) mass is 444 g/mol. The van der Waals surface area contributed by atoms with Crippen molar-refractivity contribution in [1.82, 2.24) is 0 Å². The zero-order valence-corrected chi connectivity index (χ0v) is 18.4. The van der Waals surface area contributed by atoms with E-state index in [-0.39, 0.29) is 34.8 Å². The summed E-state index contributed by atoms with van der Waals surface area (Å²) in [7, 11) is 2.33. The molecule has 1 spiro atoms. The van der Waals surface area contributed by atoms with Gasteiger partial charge in [0.15, 0.2) is 5.41 Å². The van der Waals surface area contributed by atoms with E-state index < -0.39 is 35.4 Å². The van der Waals surface area contributed by atoms with Crippen LogP contribution in [0.3, 0.4) is 0 Å². The van der Waals surface area contributed by atoms with Gasteiger partial charge in [0.1, 0.15) is 29.3 Å². The lowest BCUT2D eigenvalue weighted by Gasteiger charge is -2.40. The molecule has 2 aliphatic rings. The fourth-order valence-electron chi connectivity index (χ4n) is 4.02. The standard InChI is InChI=1S/C22H24N2O8/c1-11(2)31-20(27)16-12(3)32-21(28)22(16)13-8-6-7-9-14(13)24(10-15(25)29-4)18(23)17(22)19(26)30-5/h6-9,11H,10,23H2,1-5H3/t22-/m1/s1. The minimum absolute atomic E-state index is 0.0222. The third kappa shape index (κ3) is 3.28. The summed E-state index contributed by atoms with van der Waals surface area (Å²) in [6.07, 6.45) is -0.506. The number of carbonyl (C=O) groups is 4. The van der Waals surface area contributed by atoms with E-state index in [1.807, 2.05) is 0 Å². The normalized spacial score (nSPS) is 19.8. The van der Waals surface area contributed by atoms with Gasteiger partial charge in [-0.2, -0.15) is 0 Å². The van der Waals surface area contributed by atoms with Gasteiger partial charge in [-0.15, -0.1) is 0 Å². The number of hydrogen-bond acceptors (Lipinski definition) is 10. The Kier molecular flexibility index (Phi) is 5.98. The van der Waals surface area contributed by atoms with E-state index in [1.165, 1.54) is 18.9 Å². The van der Waals surface area contributed by atoms with Crippen LogP contribution in [0.2, 0.25) is 0 Å². The highest BCUT2D eigenvalue weighted by atomic mass is 16.6. The van der Waals surface area contributed by atoms with Crippen molar-refractivity contribution in [3.05, 3.63) is 52.6 Å². The lowest BCUT2D eigenvalue weighted by Crippen LogP contribution is -2.51. The quantitative estimate of drug-likeness (QED) is 0.518. The van der Waals surface area contributed by atoms with Crippen molar-refractivity contribution in [1.29, 1.82) is 0 Å². The smallest absolute Gasteiger partial charge is 0.339 e. The zero-order valence-electron chi connectivity index (χ0n) is 18.4. The van der Waals surface area contributed by atoms with Crippen LogP contribution >= 0.6 is 0 Å². The highest BCUT2D eigenvalue weighted by Crippen LogP contribution is 2.54. The molecule has 0 fully saturated rings. The Labute approximate surface area is 184 Å². The molecule has 32 heavy (non-hydrogen) atoms. The largest absolute Gasteiger partial charge is 0.468 e. The lowest BCUT2D eigenvalue weighted by molar-refractivity contribution is -0.147. The predicted octanol–water partition coefficient (Wildman–Crippen LogP) is 1.04. The Morgan fingerprint density at radius 1 is 1.09 bits per heavy atom. The third-order valence-corrected chi connectivity index (χ3v) is 5.25. The van der Waals surface area contributed by atoms with E-state index in [0.29, 0.717) is 5.69 Å². The number of esters is 4. The van der Waals surface area contributed by atoms with Gasteiger partial charge >= 0.3 is 23.9 Å². The van der Waals surface area contributed by atoms with Crippen LogP contribution in [0.15, 0.2) is 47.0 Å². The van der Waals surface area contributed by atoms with Crippen molar-refractivity contribution in [2.75, 3.05) is 25.7 Å². The second-order valence-electron chi connectivity index (χ2n) is 7.46. The summed E-state index contributed by atoms with van der Waals surface area (Å²) >= 11 is 0. The molecule has 2 aliphatic heterocycles. The second-order valence-corrected chi connectivity index (χ2v) is 7.46. The topological polar surface area (TPSA) is 134 Å². The van der Waals surface area contributed by atoms with Gasteiger partial charge in [0, 0.05) is 11.3 Å². The number of fused-ring (bicyclic) bond motifs is 2. The lowest BCUT2D eigenvalue weighted by atomic mass is 9.66. The van der Waals surface area contributed by atoms with Crippen molar-refractivity contribution in [3.63, 3.8) is 0 Å². The molecule has 2 N–H and O–H groups in total. The molecule has 0 amide bonds. The van der Waals surface area contributed by atoms with Crippen molar-refractivity contribution >= 4 is 29.6 Å². The van der Waals surface area contributed by atoms with Crippen molar-refractivity contribution in [2.24, 2.45) is 5.73 Å². The zero-order chi connectivity index (χ0) is 23.8. The van der Waals surface area contributed by atoms with Gasteiger partial charge in [0.2, 0.25) is 0 Å². The van der Waals surface area contributed by atoms with Gasteiger partial charge in [0.05, 0.1) is 20.3 Å². The molecule has 0 radical (unpaired) electrons. The fourth-order valence-corrected chi connectivity index (χ4v) is 4.02. The minimum Gasteiger partial charge on any atom is -0.468 e. The van der Waals surface area contributed by atoms with Gasteiger partial charge in [0.25, 0.3) is 0 Å². The Morgan fingerprint density at radius 2 is 1.75 bits per heavy atom. The average molecular weight is 444 g/mol. The summed E-state index contributed by atoms with van der Waals surface area (Å²) in [5.74, 6) is -3.61. The van der Waals surface area contributed by atoms with E-state index in [2.05, 4.69) is 0 Å².